The molecular formula is C10H7ClN2O2S. The van der Waals surface area contributed by atoms with Crippen molar-refractivity contribution in [2.45, 2.75) is 0 Å². The molecule has 0 aliphatic rings. The van der Waals surface area contributed by atoms with Gasteiger partial charge in [0.15, 0.2) is 5.13 Å². The molecule has 82 valence electrons. The Morgan fingerprint density at radius 3 is 2.88 bits per heavy atom. The molecule has 0 saturated carbocycles. The molecule has 0 spiro atoms. The number of aromatic carboxylic acids is 1. The van der Waals surface area contributed by atoms with Gasteiger partial charge in [-0.3, -0.25) is 0 Å². The standard InChI is InChI=1S/C10H7ClN2O2S/c11-7-5-6(9(14)15)1-2-8(7)13-10-12-3-4-16-10/h1-5H,(H,12,13)(H,14,15). The molecule has 0 fully saturated rings. The average molecular weight is 255 g/mol. The van der Waals surface area contributed by atoms with Gasteiger partial charge in [0.1, 0.15) is 0 Å². The molecule has 0 saturated heterocycles. The third kappa shape index (κ3) is 2.32. The predicted molar refractivity (Wildman–Crippen MR) is 63.8 cm³/mol. The van der Waals surface area contributed by atoms with Gasteiger partial charge >= 0.3 is 5.97 Å². The highest BCUT2D eigenvalue weighted by Gasteiger charge is 2.07. The molecule has 0 aliphatic carbocycles. The zero-order chi connectivity index (χ0) is 11.5. The molecule has 2 rings (SSSR count). The highest BCUT2D eigenvalue weighted by Crippen LogP contribution is 2.27. The van der Waals surface area contributed by atoms with Crippen molar-refractivity contribution in [1.29, 1.82) is 0 Å². The molecule has 16 heavy (non-hydrogen) atoms. The van der Waals surface area contributed by atoms with Crippen molar-refractivity contribution in [3.63, 3.8) is 0 Å². The Bertz CT molecular complexity index is 514. The molecule has 0 unspecified atom stereocenters. The molecule has 1 heterocycles. The first-order chi connectivity index (χ1) is 7.66. The maximum Gasteiger partial charge on any atom is 0.335 e. The smallest absolute Gasteiger partial charge is 0.335 e. The van der Waals surface area contributed by atoms with E-state index in [1.54, 1.807) is 12.3 Å². The Labute approximate surface area is 101 Å². The molecule has 0 radical (unpaired) electrons. The van der Waals surface area contributed by atoms with Gasteiger partial charge in [-0.05, 0) is 18.2 Å². The number of benzene rings is 1. The molecule has 1 aromatic carbocycles. The summed E-state index contributed by atoms with van der Waals surface area (Å²) in [5, 5.41) is 14.7. The van der Waals surface area contributed by atoms with E-state index in [2.05, 4.69) is 10.3 Å². The first-order valence-electron chi connectivity index (χ1n) is 4.36. The van der Waals surface area contributed by atoms with Gasteiger partial charge in [0.05, 0.1) is 16.3 Å². The van der Waals surface area contributed by atoms with Crippen molar-refractivity contribution >= 4 is 39.7 Å². The van der Waals surface area contributed by atoms with Crippen LogP contribution in [-0.2, 0) is 0 Å². The number of hydrogen-bond acceptors (Lipinski definition) is 4. The van der Waals surface area contributed by atoms with Crippen LogP contribution in [0, 0.1) is 0 Å². The highest BCUT2D eigenvalue weighted by atomic mass is 35.5. The van der Waals surface area contributed by atoms with E-state index in [0.29, 0.717) is 15.8 Å². The average Bonchev–Trinajstić information content (AvgIpc) is 2.73. The monoisotopic (exact) mass is 254 g/mol. The first-order valence-corrected chi connectivity index (χ1v) is 5.62. The van der Waals surface area contributed by atoms with Crippen LogP contribution in [0.15, 0.2) is 29.8 Å². The molecule has 2 N–H and O–H groups in total. The summed E-state index contributed by atoms with van der Waals surface area (Å²) in [7, 11) is 0. The summed E-state index contributed by atoms with van der Waals surface area (Å²) >= 11 is 7.38. The second-order valence-electron chi connectivity index (χ2n) is 2.96. The Morgan fingerprint density at radius 1 is 1.50 bits per heavy atom. The SMILES string of the molecule is O=C(O)c1ccc(Nc2nccs2)c(Cl)c1. The number of aromatic nitrogens is 1. The number of thiazole rings is 1. The van der Waals surface area contributed by atoms with Crippen LogP contribution < -0.4 is 5.32 Å². The van der Waals surface area contributed by atoms with Crippen LogP contribution in [0.4, 0.5) is 10.8 Å². The predicted octanol–water partition coefficient (Wildman–Crippen LogP) is 3.24. The van der Waals surface area contributed by atoms with Gasteiger partial charge in [0.2, 0.25) is 0 Å². The minimum atomic E-state index is -0.998. The number of carboxylic acid groups (broad SMARTS) is 1. The number of anilines is 2. The molecule has 2 aromatic rings. The second kappa shape index (κ2) is 4.51. The zero-order valence-electron chi connectivity index (χ0n) is 7.98. The van der Waals surface area contributed by atoms with Crippen LogP contribution >= 0.6 is 22.9 Å². The molecule has 0 bridgehead atoms. The van der Waals surface area contributed by atoms with E-state index in [0.717, 1.165) is 0 Å². The number of halogens is 1. The number of nitrogens with one attached hydrogen (secondary N) is 1. The van der Waals surface area contributed by atoms with Crippen molar-refractivity contribution in [3.05, 3.63) is 40.4 Å². The van der Waals surface area contributed by atoms with Gasteiger partial charge in [-0.1, -0.05) is 11.6 Å². The fraction of sp³-hybridized carbons (Fsp3) is 0. The summed E-state index contributed by atoms with van der Waals surface area (Å²) in [6, 6.07) is 4.51. The lowest BCUT2D eigenvalue weighted by molar-refractivity contribution is 0.0697. The van der Waals surface area contributed by atoms with E-state index in [-0.39, 0.29) is 5.56 Å². The molecule has 0 atom stereocenters. The molecule has 0 aliphatic heterocycles. The van der Waals surface area contributed by atoms with Gasteiger partial charge < -0.3 is 10.4 Å². The topological polar surface area (TPSA) is 62.2 Å². The van der Waals surface area contributed by atoms with E-state index in [9.17, 15) is 4.79 Å². The minimum Gasteiger partial charge on any atom is -0.478 e. The Kier molecular flexibility index (Phi) is 3.07. The Hall–Kier alpha value is -1.59. The largest absolute Gasteiger partial charge is 0.478 e. The Morgan fingerprint density at radius 2 is 2.31 bits per heavy atom. The third-order valence-electron chi connectivity index (χ3n) is 1.89. The number of rotatable bonds is 3. The fourth-order valence-corrected chi connectivity index (χ4v) is 1.92. The van der Waals surface area contributed by atoms with Gasteiger partial charge in [0, 0.05) is 11.6 Å². The lowest BCUT2D eigenvalue weighted by Crippen LogP contribution is -1.97. The van der Waals surface area contributed by atoms with Crippen LogP contribution in [-0.4, -0.2) is 16.1 Å². The number of nitrogens with zero attached hydrogens (tertiary/aromatic N) is 1. The van der Waals surface area contributed by atoms with Crippen molar-refractivity contribution in [1.82, 2.24) is 4.98 Å². The third-order valence-corrected chi connectivity index (χ3v) is 2.89. The Balaban J connectivity index is 2.26. The van der Waals surface area contributed by atoms with Crippen LogP contribution in [0.2, 0.25) is 5.02 Å². The summed E-state index contributed by atoms with van der Waals surface area (Å²) in [4.78, 5) is 14.7. The number of carboxylic acids is 1. The summed E-state index contributed by atoms with van der Waals surface area (Å²) in [5.41, 5.74) is 0.802. The first kappa shape index (κ1) is 10.9. The second-order valence-corrected chi connectivity index (χ2v) is 4.26. The van der Waals surface area contributed by atoms with Crippen LogP contribution in [0.1, 0.15) is 10.4 Å². The van der Waals surface area contributed by atoms with Crippen LogP contribution in [0.5, 0.6) is 0 Å². The summed E-state index contributed by atoms with van der Waals surface area (Å²) < 4.78 is 0. The molecule has 4 nitrogen and oxygen atoms in total. The normalized spacial score (nSPS) is 10.1. The summed E-state index contributed by atoms with van der Waals surface area (Å²) in [5.74, 6) is -0.998. The van der Waals surface area contributed by atoms with Crippen molar-refractivity contribution in [2.75, 3.05) is 5.32 Å². The van der Waals surface area contributed by atoms with Crippen molar-refractivity contribution in [2.24, 2.45) is 0 Å². The van der Waals surface area contributed by atoms with Gasteiger partial charge in [-0.15, -0.1) is 11.3 Å². The number of carbonyl (C=O) groups is 1. The highest BCUT2D eigenvalue weighted by molar-refractivity contribution is 7.13. The van der Waals surface area contributed by atoms with Crippen molar-refractivity contribution < 1.29 is 9.90 Å². The summed E-state index contributed by atoms with van der Waals surface area (Å²) in [6.07, 6.45) is 1.67. The lowest BCUT2D eigenvalue weighted by atomic mass is 10.2. The van der Waals surface area contributed by atoms with E-state index in [1.165, 1.54) is 23.5 Å². The number of hydrogen-bond donors (Lipinski definition) is 2. The summed E-state index contributed by atoms with van der Waals surface area (Å²) in [6.45, 7) is 0. The zero-order valence-corrected chi connectivity index (χ0v) is 9.55. The molecule has 1 aromatic heterocycles. The molecule has 0 amide bonds. The van der Waals surface area contributed by atoms with E-state index >= 15 is 0 Å². The fourth-order valence-electron chi connectivity index (χ4n) is 1.15. The van der Waals surface area contributed by atoms with Crippen molar-refractivity contribution in [3.8, 4) is 0 Å². The molecular weight excluding hydrogens is 248 g/mol. The van der Waals surface area contributed by atoms with Gasteiger partial charge in [-0.25, -0.2) is 9.78 Å². The lowest BCUT2D eigenvalue weighted by Gasteiger charge is -2.05. The molecule has 6 heteroatoms. The minimum absolute atomic E-state index is 0.162. The van der Waals surface area contributed by atoms with E-state index in [4.69, 9.17) is 16.7 Å². The van der Waals surface area contributed by atoms with Crippen LogP contribution in [0.25, 0.3) is 0 Å². The maximum absolute atomic E-state index is 10.7. The van der Waals surface area contributed by atoms with Gasteiger partial charge in [0.25, 0.3) is 0 Å². The van der Waals surface area contributed by atoms with E-state index in [1.807, 2.05) is 5.38 Å². The quantitative estimate of drug-likeness (QED) is 0.883. The van der Waals surface area contributed by atoms with Gasteiger partial charge in [-0.2, -0.15) is 0 Å². The van der Waals surface area contributed by atoms with Crippen LogP contribution in [0.3, 0.4) is 0 Å². The van der Waals surface area contributed by atoms with E-state index < -0.39 is 5.97 Å². The maximum atomic E-state index is 10.7.